The molecule has 0 aliphatic rings. The van der Waals surface area contributed by atoms with E-state index in [1.807, 2.05) is 61.5 Å². The first-order valence-corrected chi connectivity index (χ1v) is 11.5. The van der Waals surface area contributed by atoms with Crippen molar-refractivity contribution in [3.05, 3.63) is 100 Å². The molecule has 1 atom stereocenters. The number of carbonyl (C=O) groups excluding carboxylic acids is 2. The number of hydrogen-bond donors (Lipinski definition) is 2. The first-order chi connectivity index (χ1) is 14.5. The van der Waals surface area contributed by atoms with Crippen LogP contribution in [0.25, 0.3) is 0 Å². The maximum absolute atomic E-state index is 12.8. The summed E-state index contributed by atoms with van der Waals surface area (Å²) in [4.78, 5) is 25.2. The Labute approximate surface area is 189 Å². The number of benzene rings is 3. The molecule has 0 spiro atoms. The Morgan fingerprint density at radius 3 is 2.37 bits per heavy atom. The number of amides is 2. The molecule has 4 nitrogen and oxygen atoms in total. The van der Waals surface area contributed by atoms with E-state index in [0.29, 0.717) is 17.0 Å². The average Bonchev–Trinajstić information content (AvgIpc) is 2.76. The van der Waals surface area contributed by atoms with Crippen molar-refractivity contribution in [3.8, 4) is 0 Å². The maximum atomic E-state index is 12.8. The van der Waals surface area contributed by atoms with Crippen LogP contribution in [0, 0.1) is 0 Å². The summed E-state index contributed by atoms with van der Waals surface area (Å²) in [6.07, 6.45) is 0. The summed E-state index contributed by atoms with van der Waals surface area (Å²) in [6.45, 7) is 1.94. The Morgan fingerprint density at radius 2 is 1.60 bits per heavy atom. The summed E-state index contributed by atoms with van der Waals surface area (Å²) in [5.41, 5.74) is 3.13. The molecular formula is C24H23BrN2O2S. The molecule has 0 saturated heterocycles. The van der Waals surface area contributed by atoms with Crippen LogP contribution in [-0.4, -0.2) is 17.6 Å². The Bertz CT molecular complexity index is 1010. The van der Waals surface area contributed by atoms with Crippen molar-refractivity contribution in [2.75, 3.05) is 11.1 Å². The van der Waals surface area contributed by atoms with Crippen molar-refractivity contribution in [2.45, 2.75) is 18.7 Å². The highest BCUT2D eigenvalue weighted by molar-refractivity contribution is 9.10. The summed E-state index contributed by atoms with van der Waals surface area (Å²) in [5.74, 6) is 0.676. The van der Waals surface area contributed by atoms with Gasteiger partial charge in [0.25, 0.3) is 5.91 Å². The summed E-state index contributed by atoms with van der Waals surface area (Å²) in [6, 6.07) is 24.7. The fraction of sp³-hybridized carbons (Fsp3) is 0.167. The average molecular weight is 483 g/mol. The Morgan fingerprint density at radius 1 is 0.933 bits per heavy atom. The Hall–Kier alpha value is -2.57. The number of carbonyl (C=O) groups is 2. The SMILES string of the molecule is CC(NC(=O)c1ccccc1NC(=O)CSCc1ccccc1Br)c1ccccc1. The highest BCUT2D eigenvalue weighted by Crippen LogP contribution is 2.22. The van der Waals surface area contributed by atoms with Gasteiger partial charge in [-0.1, -0.05) is 76.6 Å². The molecule has 3 aromatic carbocycles. The molecule has 0 saturated carbocycles. The fourth-order valence-corrected chi connectivity index (χ4v) is 4.39. The van der Waals surface area contributed by atoms with E-state index in [-0.39, 0.29) is 17.9 Å². The third-order valence-corrected chi connectivity index (χ3v) is 6.30. The van der Waals surface area contributed by atoms with Gasteiger partial charge < -0.3 is 10.6 Å². The largest absolute Gasteiger partial charge is 0.345 e. The monoisotopic (exact) mass is 482 g/mol. The number of thioether (sulfide) groups is 1. The van der Waals surface area contributed by atoms with E-state index in [4.69, 9.17) is 0 Å². The number of hydrogen-bond acceptors (Lipinski definition) is 3. The van der Waals surface area contributed by atoms with Gasteiger partial charge in [0, 0.05) is 10.2 Å². The molecule has 2 amide bonds. The van der Waals surface area contributed by atoms with Crippen LogP contribution in [0.2, 0.25) is 0 Å². The van der Waals surface area contributed by atoms with E-state index in [1.54, 1.807) is 24.3 Å². The van der Waals surface area contributed by atoms with Gasteiger partial charge >= 0.3 is 0 Å². The van der Waals surface area contributed by atoms with Crippen LogP contribution in [0.15, 0.2) is 83.3 Å². The van der Waals surface area contributed by atoms with Gasteiger partial charge in [-0.15, -0.1) is 11.8 Å². The maximum Gasteiger partial charge on any atom is 0.253 e. The van der Waals surface area contributed by atoms with Gasteiger partial charge in [-0.25, -0.2) is 0 Å². The first kappa shape index (κ1) is 22.1. The zero-order chi connectivity index (χ0) is 21.3. The molecule has 30 heavy (non-hydrogen) atoms. The molecule has 0 aliphatic carbocycles. The van der Waals surface area contributed by atoms with E-state index in [2.05, 4.69) is 26.6 Å². The molecule has 0 aliphatic heterocycles. The Balaban J connectivity index is 1.58. The van der Waals surface area contributed by atoms with E-state index in [0.717, 1.165) is 21.4 Å². The summed E-state index contributed by atoms with van der Waals surface area (Å²) in [5, 5.41) is 5.87. The molecule has 0 aromatic heterocycles. The normalized spacial score (nSPS) is 11.5. The number of halogens is 1. The van der Waals surface area contributed by atoms with Crippen LogP contribution in [0.3, 0.4) is 0 Å². The second-order valence-electron chi connectivity index (χ2n) is 6.78. The molecule has 3 rings (SSSR count). The quantitative estimate of drug-likeness (QED) is 0.425. The summed E-state index contributed by atoms with van der Waals surface area (Å²) >= 11 is 5.05. The van der Waals surface area contributed by atoms with Gasteiger partial charge in [0.2, 0.25) is 5.91 Å². The van der Waals surface area contributed by atoms with Crippen molar-refractivity contribution >= 4 is 45.2 Å². The van der Waals surface area contributed by atoms with E-state index in [1.165, 1.54) is 11.8 Å². The topological polar surface area (TPSA) is 58.2 Å². The lowest BCUT2D eigenvalue weighted by atomic mass is 10.1. The van der Waals surface area contributed by atoms with Crippen LogP contribution >= 0.6 is 27.7 Å². The van der Waals surface area contributed by atoms with Crippen molar-refractivity contribution in [1.29, 1.82) is 0 Å². The standard InChI is InChI=1S/C24H23BrN2O2S/c1-17(18-9-3-2-4-10-18)26-24(29)20-12-6-8-14-22(20)27-23(28)16-30-15-19-11-5-7-13-21(19)25/h2-14,17H,15-16H2,1H3,(H,26,29)(H,27,28). The number of rotatable bonds is 8. The van der Waals surface area contributed by atoms with Gasteiger partial charge in [-0.3, -0.25) is 9.59 Å². The minimum absolute atomic E-state index is 0.136. The predicted molar refractivity (Wildman–Crippen MR) is 128 cm³/mol. The number of anilines is 1. The minimum atomic E-state index is -0.219. The lowest BCUT2D eigenvalue weighted by molar-refractivity contribution is -0.113. The summed E-state index contributed by atoms with van der Waals surface area (Å²) in [7, 11) is 0. The van der Waals surface area contributed by atoms with Crippen LogP contribution in [0.1, 0.15) is 34.5 Å². The number of para-hydroxylation sites is 1. The predicted octanol–water partition coefficient (Wildman–Crippen LogP) is 5.81. The highest BCUT2D eigenvalue weighted by Gasteiger charge is 2.16. The minimum Gasteiger partial charge on any atom is -0.345 e. The van der Waals surface area contributed by atoms with Gasteiger partial charge in [-0.05, 0) is 36.2 Å². The van der Waals surface area contributed by atoms with Crippen LogP contribution in [-0.2, 0) is 10.5 Å². The van der Waals surface area contributed by atoms with Crippen LogP contribution in [0.4, 0.5) is 5.69 Å². The van der Waals surface area contributed by atoms with Crippen LogP contribution in [0.5, 0.6) is 0 Å². The van der Waals surface area contributed by atoms with Gasteiger partial charge in [0.1, 0.15) is 0 Å². The van der Waals surface area contributed by atoms with Crippen molar-refractivity contribution in [3.63, 3.8) is 0 Å². The lowest BCUT2D eigenvalue weighted by Gasteiger charge is -2.16. The van der Waals surface area contributed by atoms with Crippen molar-refractivity contribution in [1.82, 2.24) is 5.32 Å². The second-order valence-corrected chi connectivity index (χ2v) is 8.62. The van der Waals surface area contributed by atoms with E-state index >= 15 is 0 Å². The fourth-order valence-electron chi connectivity index (χ4n) is 2.94. The molecule has 0 heterocycles. The van der Waals surface area contributed by atoms with Crippen molar-refractivity contribution in [2.24, 2.45) is 0 Å². The molecule has 1 unspecified atom stereocenters. The molecule has 6 heteroatoms. The molecule has 2 N–H and O–H groups in total. The molecule has 0 fully saturated rings. The van der Waals surface area contributed by atoms with Gasteiger partial charge in [-0.2, -0.15) is 0 Å². The van der Waals surface area contributed by atoms with E-state index < -0.39 is 0 Å². The molecule has 3 aromatic rings. The van der Waals surface area contributed by atoms with E-state index in [9.17, 15) is 9.59 Å². The number of nitrogens with one attached hydrogen (secondary N) is 2. The third kappa shape index (κ3) is 6.21. The molecule has 0 bridgehead atoms. The smallest absolute Gasteiger partial charge is 0.253 e. The molecule has 154 valence electrons. The molecular weight excluding hydrogens is 460 g/mol. The first-order valence-electron chi connectivity index (χ1n) is 9.60. The zero-order valence-electron chi connectivity index (χ0n) is 16.6. The van der Waals surface area contributed by atoms with Gasteiger partial charge in [0.15, 0.2) is 0 Å². The van der Waals surface area contributed by atoms with Crippen molar-refractivity contribution < 1.29 is 9.59 Å². The highest BCUT2D eigenvalue weighted by atomic mass is 79.9. The second kappa shape index (κ2) is 11.0. The lowest BCUT2D eigenvalue weighted by Crippen LogP contribution is -2.28. The van der Waals surface area contributed by atoms with Gasteiger partial charge in [0.05, 0.1) is 23.0 Å². The zero-order valence-corrected chi connectivity index (χ0v) is 19.0. The van der Waals surface area contributed by atoms with Crippen LogP contribution < -0.4 is 10.6 Å². The Kier molecular flexibility index (Phi) is 8.11. The molecule has 0 radical (unpaired) electrons. The third-order valence-electron chi connectivity index (χ3n) is 4.54. The summed E-state index contributed by atoms with van der Waals surface area (Å²) < 4.78 is 1.03.